The van der Waals surface area contributed by atoms with Gasteiger partial charge in [-0.2, -0.15) is 8.78 Å². The minimum atomic E-state index is -5.80. The third kappa shape index (κ3) is 11.4. The van der Waals surface area contributed by atoms with E-state index in [0.717, 1.165) is 18.6 Å². The number of rotatable bonds is 15. The Balaban J connectivity index is 1.60. The Bertz CT molecular complexity index is 2090. The van der Waals surface area contributed by atoms with E-state index >= 15 is 8.78 Å². The van der Waals surface area contributed by atoms with Crippen molar-refractivity contribution in [1.29, 1.82) is 0 Å². The van der Waals surface area contributed by atoms with E-state index in [1.807, 2.05) is 30.3 Å². The number of carbonyl (C=O) groups excluding carboxylic acids is 3. The summed E-state index contributed by atoms with van der Waals surface area (Å²) in [6.07, 6.45) is -4.77. The first-order valence-electron chi connectivity index (χ1n) is 16.8. The Hall–Kier alpha value is -4.83. The van der Waals surface area contributed by atoms with Crippen molar-refractivity contribution in [3.63, 3.8) is 0 Å². The molecule has 1 aromatic heterocycles. The van der Waals surface area contributed by atoms with Crippen LogP contribution in [-0.4, -0.2) is 57.1 Å². The van der Waals surface area contributed by atoms with Crippen LogP contribution >= 0.6 is 23.5 Å². The quantitative estimate of drug-likeness (QED) is 0.0525. The maximum Gasteiger partial charge on any atom is 0.511 e. The van der Waals surface area contributed by atoms with Crippen LogP contribution in [-0.2, 0) is 51.5 Å². The molecular formula is C37H40BrF2N2O12P. The van der Waals surface area contributed by atoms with Crippen molar-refractivity contribution in [3.05, 3.63) is 116 Å². The molecule has 296 valence electrons. The number of benzene rings is 3. The van der Waals surface area contributed by atoms with Crippen molar-refractivity contribution in [3.8, 4) is 11.3 Å². The summed E-state index contributed by atoms with van der Waals surface area (Å²) >= 11 is 3.07. The summed E-state index contributed by atoms with van der Waals surface area (Å²) in [5.74, 6) is -0.786. The van der Waals surface area contributed by atoms with Gasteiger partial charge in [-0.15, -0.1) is 0 Å². The van der Waals surface area contributed by atoms with E-state index in [1.165, 1.54) is 54.2 Å². The molecule has 4 aromatic rings. The van der Waals surface area contributed by atoms with Crippen LogP contribution in [0.25, 0.3) is 11.3 Å². The lowest BCUT2D eigenvalue weighted by molar-refractivity contribution is -0.0868. The fraction of sp³-hybridized carbons (Fsp3) is 0.351. The predicted octanol–water partition coefficient (Wildman–Crippen LogP) is 8.40. The van der Waals surface area contributed by atoms with E-state index in [9.17, 15) is 28.6 Å². The third-order valence-electron chi connectivity index (χ3n) is 7.46. The lowest BCUT2D eigenvalue weighted by Crippen LogP contribution is -2.26. The highest BCUT2D eigenvalue weighted by Crippen LogP contribution is 2.64. The lowest BCUT2D eigenvalue weighted by atomic mass is 10.1. The molecule has 0 saturated carbocycles. The fourth-order valence-corrected chi connectivity index (χ4v) is 6.97. The summed E-state index contributed by atoms with van der Waals surface area (Å²) in [6.45, 7) is 8.74. The van der Waals surface area contributed by atoms with Gasteiger partial charge >= 0.3 is 37.2 Å². The van der Waals surface area contributed by atoms with E-state index in [2.05, 4.69) is 25.2 Å². The number of esters is 1. The molecule has 0 fully saturated rings. The van der Waals surface area contributed by atoms with Crippen molar-refractivity contribution in [1.82, 2.24) is 9.13 Å². The largest absolute Gasteiger partial charge is 0.511 e. The normalized spacial score (nSPS) is 13.8. The molecule has 0 saturated heterocycles. The first-order chi connectivity index (χ1) is 25.8. The molecule has 3 unspecified atom stereocenters. The molecular weight excluding hydrogens is 813 g/mol. The van der Waals surface area contributed by atoms with Crippen LogP contribution in [0.1, 0.15) is 68.6 Å². The van der Waals surface area contributed by atoms with Gasteiger partial charge in [0.05, 0.1) is 36.6 Å². The first kappa shape index (κ1) is 42.9. The minimum Gasteiger partial charge on any atom is -0.432 e. The van der Waals surface area contributed by atoms with E-state index in [0.29, 0.717) is 16.8 Å². The van der Waals surface area contributed by atoms with Crippen LogP contribution in [0.5, 0.6) is 0 Å². The molecule has 0 amide bonds. The molecule has 1 heterocycles. The summed E-state index contributed by atoms with van der Waals surface area (Å²) in [5, 5.41) is 0. The summed E-state index contributed by atoms with van der Waals surface area (Å²) in [4.78, 5) is 60.4. The topological polar surface area (TPSA) is 171 Å². The summed E-state index contributed by atoms with van der Waals surface area (Å²) in [7, 11) is -5.80. The van der Waals surface area contributed by atoms with Crippen LogP contribution < -0.4 is 5.69 Å². The Morgan fingerprint density at radius 3 is 1.93 bits per heavy atom. The number of hydrogen-bond donors (Lipinski definition) is 1. The molecule has 0 spiro atoms. The summed E-state index contributed by atoms with van der Waals surface area (Å²) < 4.78 is 75.5. The van der Waals surface area contributed by atoms with Gasteiger partial charge in [-0.3, -0.25) is 18.2 Å². The van der Waals surface area contributed by atoms with Gasteiger partial charge in [0.1, 0.15) is 0 Å². The molecule has 55 heavy (non-hydrogen) atoms. The highest BCUT2D eigenvalue weighted by molar-refractivity contribution is 9.10. The van der Waals surface area contributed by atoms with Crippen LogP contribution in [0, 0.1) is 0 Å². The maximum absolute atomic E-state index is 15.5. The maximum atomic E-state index is 15.5. The molecule has 0 bridgehead atoms. The summed E-state index contributed by atoms with van der Waals surface area (Å²) in [5.41, 5.74) is -3.55. The number of alkyl halides is 2. The van der Waals surface area contributed by atoms with Crippen LogP contribution in [0.15, 0.2) is 88.3 Å². The van der Waals surface area contributed by atoms with Crippen LogP contribution in [0.3, 0.4) is 0 Å². The van der Waals surface area contributed by atoms with Crippen LogP contribution in [0.4, 0.5) is 18.4 Å². The lowest BCUT2D eigenvalue weighted by Gasteiger charge is -2.26. The molecule has 4 rings (SSSR count). The molecule has 0 aliphatic rings. The van der Waals surface area contributed by atoms with Gasteiger partial charge in [-0.25, -0.2) is 19.2 Å². The van der Waals surface area contributed by atoms with E-state index in [1.54, 1.807) is 32.2 Å². The second-order valence-corrected chi connectivity index (χ2v) is 15.3. The zero-order chi connectivity index (χ0) is 40.7. The number of imidazole rings is 1. The van der Waals surface area contributed by atoms with Gasteiger partial charge in [0.25, 0.3) is 0 Å². The van der Waals surface area contributed by atoms with E-state index < -0.39 is 67.6 Å². The molecule has 0 aliphatic carbocycles. The van der Waals surface area contributed by atoms with Crippen molar-refractivity contribution in [2.75, 3.05) is 0 Å². The number of nitrogens with zero attached hydrogens (tertiary/aromatic N) is 2. The number of aromatic nitrogens is 2. The third-order valence-corrected chi connectivity index (χ3v) is 9.65. The van der Waals surface area contributed by atoms with Gasteiger partial charge in [0.15, 0.2) is 0 Å². The number of halogens is 3. The average Bonchev–Trinajstić information content (AvgIpc) is 3.37. The Kier molecular flexibility index (Phi) is 14.2. The molecule has 18 heteroatoms. The SMILES string of the molecule is CC(C)OC(=O)OC(C)OC(=O)c1ccc(-c2cn(Cc3ccccc3)c(=O)n2Cc2ccc(C(F)(F)P(=O)(O)OC(C)OC(=O)OC(C)C)c(Br)c2)cc1. The van der Waals surface area contributed by atoms with E-state index in [4.69, 9.17) is 18.9 Å². The Morgan fingerprint density at radius 1 is 0.782 bits per heavy atom. The average molecular weight is 854 g/mol. The van der Waals surface area contributed by atoms with Gasteiger partial charge in [-0.05, 0) is 69.5 Å². The number of ether oxygens (including phenoxy) is 5. The Labute approximate surface area is 323 Å². The fourth-order valence-electron chi connectivity index (χ4n) is 5.06. The predicted molar refractivity (Wildman–Crippen MR) is 197 cm³/mol. The highest BCUT2D eigenvalue weighted by atomic mass is 79.9. The molecule has 3 aromatic carbocycles. The first-order valence-corrected chi connectivity index (χ1v) is 19.2. The van der Waals surface area contributed by atoms with E-state index in [-0.39, 0.29) is 23.1 Å². The van der Waals surface area contributed by atoms with Gasteiger partial charge in [0, 0.05) is 23.2 Å². The molecule has 14 nitrogen and oxygen atoms in total. The van der Waals surface area contributed by atoms with Gasteiger partial charge in [-0.1, -0.05) is 70.5 Å². The second-order valence-electron chi connectivity index (χ2n) is 12.7. The zero-order valence-corrected chi connectivity index (χ0v) is 33.1. The number of carbonyl (C=O) groups is 3. The monoisotopic (exact) mass is 852 g/mol. The highest BCUT2D eigenvalue weighted by Gasteiger charge is 2.55. The van der Waals surface area contributed by atoms with Crippen molar-refractivity contribution < 1.29 is 60.8 Å². The second kappa shape index (κ2) is 18.2. The minimum absolute atomic E-state index is 0.121. The van der Waals surface area contributed by atoms with Crippen molar-refractivity contribution in [2.45, 2.75) is 85.1 Å². The van der Waals surface area contributed by atoms with Gasteiger partial charge < -0.3 is 28.6 Å². The molecule has 0 aliphatic heterocycles. The smallest absolute Gasteiger partial charge is 0.432 e. The molecule has 1 N–H and O–H groups in total. The number of hydrogen-bond acceptors (Lipinski definition) is 11. The van der Waals surface area contributed by atoms with Gasteiger partial charge in [0.2, 0.25) is 12.6 Å². The van der Waals surface area contributed by atoms with Crippen LogP contribution in [0.2, 0.25) is 0 Å². The zero-order valence-electron chi connectivity index (χ0n) is 30.6. The van der Waals surface area contributed by atoms with Crippen molar-refractivity contribution >= 4 is 41.8 Å². The summed E-state index contributed by atoms with van der Waals surface area (Å²) in [6, 6.07) is 18.7. The Morgan fingerprint density at radius 2 is 1.36 bits per heavy atom. The van der Waals surface area contributed by atoms with Crippen molar-refractivity contribution in [2.24, 2.45) is 0 Å². The standard InChI is InChI=1S/C37H40BrF2N2O12P/c1-22(2)49-35(45)52-24(5)51-33(43)29-15-13-28(14-16-29)32-21-41(19-26-10-8-7-9-11-26)34(44)42(32)20-27-12-17-30(31(38)18-27)37(39,40)55(47,48)54-25(6)53-36(46)50-23(3)4/h7-18,21-25H,19-20H2,1-6H3,(H,47,48). The molecule has 0 radical (unpaired) electrons. The molecule has 3 atom stereocenters.